The van der Waals surface area contributed by atoms with Crippen LogP contribution in [-0.2, 0) is 59.2 Å². The monoisotopic (exact) mass is 1320 g/mol. The van der Waals surface area contributed by atoms with Crippen molar-refractivity contribution in [2.75, 3.05) is 13.7 Å². The van der Waals surface area contributed by atoms with Gasteiger partial charge in [0, 0.05) is 59.9 Å². The minimum absolute atomic E-state index is 0.00901. The van der Waals surface area contributed by atoms with E-state index in [0.29, 0.717) is 68.2 Å². The number of aliphatic hydroxyl groups is 3. The van der Waals surface area contributed by atoms with Crippen LogP contribution in [0.3, 0.4) is 0 Å². The molecular weight excluding hydrogens is 1230 g/mol. The molecule has 1 saturated heterocycles. The van der Waals surface area contributed by atoms with Crippen molar-refractivity contribution in [2.45, 2.75) is 181 Å². The van der Waals surface area contributed by atoms with Gasteiger partial charge >= 0.3 is 0 Å². The van der Waals surface area contributed by atoms with E-state index in [1.54, 1.807) is 12.1 Å². The Hall–Kier alpha value is -7.32. The third-order valence-corrected chi connectivity index (χ3v) is 26.6. The van der Waals surface area contributed by atoms with Crippen molar-refractivity contribution in [3.8, 4) is 23.3 Å². The first-order valence-electron chi connectivity index (χ1n) is 36.0. The molecule has 0 unspecified atom stereocenters. The summed E-state index contributed by atoms with van der Waals surface area (Å²) in [5, 5.41) is 53.7. The predicted octanol–water partition coefficient (Wildman–Crippen LogP) is 13.5. The summed E-state index contributed by atoms with van der Waals surface area (Å²) in [4.78, 5) is 5.42. The number of ether oxygens (including phenoxy) is 2. The number of nitrogens with one attached hydrogen (secondary N) is 1. The molecule has 97 heavy (non-hydrogen) atoms. The number of allylic oxidation sites excluding steroid dienone is 1. The lowest BCUT2D eigenvalue weighted by Crippen LogP contribution is -2.60. The van der Waals surface area contributed by atoms with Crippen LogP contribution >= 0.6 is 0 Å². The van der Waals surface area contributed by atoms with Crippen LogP contribution in [0, 0.1) is 53.3 Å². The van der Waals surface area contributed by atoms with Gasteiger partial charge in [0.1, 0.15) is 17.6 Å². The molecule has 7 aromatic rings. The van der Waals surface area contributed by atoms with Crippen molar-refractivity contribution < 1.29 is 42.9 Å². The summed E-state index contributed by atoms with van der Waals surface area (Å²) in [6, 6.07) is 46.0. The van der Waals surface area contributed by atoms with Crippen LogP contribution < -0.4 is 21.5 Å². The van der Waals surface area contributed by atoms with Crippen molar-refractivity contribution in [1.82, 2.24) is 5.32 Å². The average molecular weight is 1320 g/mol. The van der Waals surface area contributed by atoms with Crippen LogP contribution in [-0.4, -0.2) is 70.0 Å². The zero-order valence-corrected chi connectivity index (χ0v) is 56.6. The Kier molecular flexibility index (Phi) is 16.9. The number of guanidine groups is 1. The van der Waals surface area contributed by atoms with Crippen molar-refractivity contribution in [3.05, 3.63) is 223 Å². The highest BCUT2D eigenvalue weighted by Gasteiger charge is 2.60. The van der Waals surface area contributed by atoms with Gasteiger partial charge in [0.2, 0.25) is 5.72 Å². The van der Waals surface area contributed by atoms with E-state index in [1.165, 1.54) is 44.2 Å². The summed E-state index contributed by atoms with van der Waals surface area (Å²) in [6.07, 6.45) is 11.9. The maximum absolute atomic E-state index is 14.7. The number of nitrogens with two attached hydrogens (primary N) is 2. The summed E-state index contributed by atoms with van der Waals surface area (Å²) < 4.78 is 56.3. The standard InChI is InChI=1S/C83H92N4O9S/c1-47-14-15-55-40-64-27-32-66(55)71(47)43-75(97(92,93)94)72-42-59-38-58(41-65-34-49(46-88)10-6-12-53-39-63(89)26-31-69(53)80(59)95-65)76(72)51-16-23-62(24-17-51)83(96-64,87-81(84)85)73-33-25-61-22-18-57(44-82(61,91)74(73)35-48-8-4-3-5-9-48)52-20-29-68-54(36-52)21-28-67-60(45-86-2)37-56-13-7-11-50-19-30-70(79(68)90)78(67)77(50)56/h3-5,7-9,11,13,16-17,20,23-24,26-27,29,31-32,36-37,39-40,42,47,49,57-58,61,65,70-76,79-80,86,88-91H,10,14-15,18-19,21-22,25,28,30,33-35,38,41,43-46H2,1-2H3,(H4,84,85,87)(H,92,93,94)/t47-,49-,57+,58+,61+,65+,70+,71-,72+,73-,74+,75+,76-,79+,80+,82-,83-/m0/s1. The quantitative estimate of drug-likeness (QED) is 0.0222. The third-order valence-electron chi connectivity index (χ3n) is 25.3. The number of aliphatic imine (C=N–C) groups is 1. The van der Waals surface area contributed by atoms with Crippen LogP contribution in [0.1, 0.15) is 198 Å². The lowest BCUT2D eigenvalue weighted by Gasteiger charge is -2.57. The highest BCUT2D eigenvalue weighted by molar-refractivity contribution is 7.86. The summed E-state index contributed by atoms with van der Waals surface area (Å²) in [5.74, 6) is 4.49. The van der Waals surface area contributed by atoms with E-state index in [2.05, 4.69) is 133 Å². The zero-order chi connectivity index (χ0) is 66.6. The molecule has 504 valence electrons. The largest absolute Gasteiger partial charge is 0.508 e. The van der Waals surface area contributed by atoms with Gasteiger partial charge in [-0.1, -0.05) is 128 Å². The molecule has 0 spiro atoms. The molecule has 10 bridgehead atoms. The normalized spacial score (nSPS) is 32.4. The number of phenols is 1. The van der Waals surface area contributed by atoms with E-state index in [9.17, 15) is 33.4 Å². The Bertz CT molecular complexity index is 4440. The fourth-order valence-corrected chi connectivity index (χ4v) is 22.0. The highest BCUT2D eigenvalue weighted by atomic mass is 32.2. The fourth-order valence-electron chi connectivity index (χ4n) is 20.9. The van der Waals surface area contributed by atoms with E-state index in [0.717, 1.165) is 96.9 Å². The molecule has 0 radical (unpaired) electrons. The van der Waals surface area contributed by atoms with Gasteiger partial charge in [0.15, 0.2) is 5.96 Å². The number of hydrogen-bond donors (Lipinski definition) is 8. The summed E-state index contributed by atoms with van der Waals surface area (Å²) >= 11 is 0. The third kappa shape index (κ3) is 11.5. The summed E-state index contributed by atoms with van der Waals surface area (Å²) in [5.41, 5.74) is 26.7. The SMILES string of the molecule is CNCc1cc2cccc3c2c2c1CCc1cc([C@@H]4CC[C@@H]5CC[C@H]([C@@]6(N=C(N)N)Oc7ccc8c(c7)CC[C@H](C)[C@@H]8C[C@@H](S(=O)(=O)O)[C@H]7C=C8C[C@H](C[C@H]9C[C@@H](CO)CC#Cc%10cc(O)ccc%10[C@@H]8O9)[C@@H]7c7ccc6cc7)[C@@H](Cc6ccccc6)[C@]5(O)C4)ccc1[C@@H](O)[C@@H]2CC3. The number of aryl methyl sites for hydroxylation is 3. The number of aromatic hydroxyl groups is 1. The maximum atomic E-state index is 14.7. The van der Waals surface area contributed by atoms with Gasteiger partial charge < -0.3 is 46.7 Å². The Balaban J connectivity index is 0.820. The number of hydrogen-bond acceptors (Lipinski definition) is 10. The van der Waals surface area contributed by atoms with Gasteiger partial charge in [0.05, 0.1) is 23.1 Å². The van der Waals surface area contributed by atoms with E-state index in [4.69, 9.17) is 25.9 Å². The molecular formula is C83H92N4O9S. The number of phenolic OH excluding ortho intramolecular Hbond substituents is 1. The Morgan fingerprint density at radius 1 is 0.784 bits per heavy atom. The molecule has 3 fully saturated rings. The number of aliphatic hydroxyl groups excluding tert-OH is 2. The van der Waals surface area contributed by atoms with Gasteiger partial charge in [-0.25, -0.2) is 4.99 Å². The summed E-state index contributed by atoms with van der Waals surface area (Å²) in [6.45, 7) is 2.87. The Morgan fingerprint density at radius 3 is 2.37 bits per heavy atom. The minimum Gasteiger partial charge on any atom is -0.508 e. The van der Waals surface area contributed by atoms with Crippen molar-refractivity contribution >= 4 is 26.9 Å². The molecule has 11 aliphatic rings. The molecule has 17 atom stereocenters. The van der Waals surface area contributed by atoms with Gasteiger partial charge in [-0.2, -0.15) is 8.42 Å². The van der Waals surface area contributed by atoms with Crippen molar-refractivity contribution in [2.24, 2.45) is 57.9 Å². The van der Waals surface area contributed by atoms with Gasteiger partial charge in [-0.15, -0.1) is 0 Å². The highest BCUT2D eigenvalue weighted by Crippen LogP contribution is 2.61. The smallest absolute Gasteiger partial charge is 0.268 e. The maximum Gasteiger partial charge on any atom is 0.268 e. The first-order valence-corrected chi connectivity index (χ1v) is 37.5. The van der Waals surface area contributed by atoms with Crippen LogP contribution in [0.5, 0.6) is 11.5 Å². The Morgan fingerprint density at radius 2 is 1.57 bits per heavy atom. The molecule has 10 N–H and O–H groups in total. The number of rotatable bonds is 9. The zero-order valence-electron chi connectivity index (χ0n) is 55.8. The molecule has 7 aromatic carbocycles. The molecule has 18 rings (SSSR count). The van der Waals surface area contributed by atoms with Gasteiger partial charge in [-0.05, 0) is 259 Å². The van der Waals surface area contributed by atoms with E-state index < -0.39 is 62.6 Å². The van der Waals surface area contributed by atoms with E-state index >= 15 is 0 Å². The second-order valence-electron chi connectivity index (χ2n) is 30.6. The van der Waals surface area contributed by atoms with Gasteiger partial charge in [-0.3, -0.25) is 4.55 Å². The number of benzene rings is 7. The number of nitrogens with zero attached hydrogens (tertiary/aromatic N) is 1. The minimum atomic E-state index is -4.73. The van der Waals surface area contributed by atoms with Gasteiger partial charge in [0.25, 0.3) is 10.1 Å². The molecule has 14 heteroatoms. The first-order chi connectivity index (χ1) is 46.9. The predicted molar refractivity (Wildman–Crippen MR) is 379 cm³/mol. The van der Waals surface area contributed by atoms with Crippen LogP contribution in [0.4, 0.5) is 0 Å². The lowest BCUT2D eigenvalue weighted by molar-refractivity contribution is -0.177. The number of fused-ring (bicyclic) bond motifs is 10. The average Bonchev–Trinajstić information content (AvgIpc) is 1.64. The summed E-state index contributed by atoms with van der Waals surface area (Å²) in [7, 11) is -2.72. The molecule has 5 heterocycles. The van der Waals surface area contributed by atoms with Crippen LogP contribution in [0.25, 0.3) is 10.8 Å². The second kappa shape index (κ2) is 25.4. The molecule has 0 amide bonds. The molecule has 0 aromatic heterocycles. The molecule has 2 saturated carbocycles. The fraction of sp³-hybridized carbons (Fsp3) is 0.458. The molecule has 13 nitrogen and oxygen atoms in total. The van der Waals surface area contributed by atoms with Crippen LogP contribution in [0.2, 0.25) is 0 Å². The molecule has 5 aliphatic heterocycles. The van der Waals surface area contributed by atoms with Crippen LogP contribution in [0.15, 0.2) is 150 Å². The first kappa shape index (κ1) is 64.4. The Labute approximate surface area is 571 Å². The van der Waals surface area contributed by atoms with E-state index in [-0.39, 0.29) is 72.3 Å². The van der Waals surface area contributed by atoms with E-state index in [1.807, 2.05) is 25.2 Å². The molecule has 6 aliphatic carbocycles. The van der Waals surface area contributed by atoms with Crippen molar-refractivity contribution in [3.63, 3.8) is 0 Å². The topological polar surface area (TPSA) is 230 Å². The lowest BCUT2D eigenvalue weighted by atomic mass is 9.52. The van der Waals surface area contributed by atoms with Crippen molar-refractivity contribution in [1.29, 1.82) is 0 Å². The second-order valence-corrected chi connectivity index (χ2v) is 32.3.